The normalized spacial score (nSPS) is 18.9. The molecule has 2 atom stereocenters. The van der Waals surface area contributed by atoms with Gasteiger partial charge in [0.15, 0.2) is 0 Å². The van der Waals surface area contributed by atoms with E-state index in [1.165, 1.54) is 11.2 Å². The lowest BCUT2D eigenvalue weighted by Gasteiger charge is -2.32. The van der Waals surface area contributed by atoms with E-state index in [1.807, 2.05) is 0 Å². The molecule has 0 saturated carbocycles. The van der Waals surface area contributed by atoms with Gasteiger partial charge in [-0.3, -0.25) is 4.21 Å². The van der Waals surface area contributed by atoms with E-state index in [4.69, 9.17) is 0 Å². The molecule has 116 valence electrons. The SMILES string of the molecule is CS(=O)CCCNC(=O)N1Cc2[nH]cnc2CC1C(=O)O. The summed E-state index contributed by atoms with van der Waals surface area (Å²) >= 11 is 0. The van der Waals surface area contributed by atoms with Gasteiger partial charge in [0.05, 0.1) is 24.3 Å². The Morgan fingerprint density at radius 1 is 1.62 bits per heavy atom. The highest BCUT2D eigenvalue weighted by Gasteiger charge is 2.35. The van der Waals surface area contributed by atoms with Gasteiger partial charge in [-0.1, -0.05) is 0 Å². The Hall–Kier alpha value is -1.90. The molecule has 1 aliphatic rings. The van der Waals surface area contributed by atoms with Gasteiger partial charge >= 0.3 is 12.0 Å². The summed E-state index contributed by atoms with van der Waals surface area (Å²) in [7, 11) is -0.896. The summed E-state index contributed by atoms with van der Waals surface area (Å²) in [6.07, 6.45) is 3.89. The van der Waals surface area contributed by atoms with Crippen LogP contribution in [0.3, 0.4) is 0 Å². The van der Waals surface area contributed by atoms with Crippen LogP contribution in [-0.4, -0.2) is 60.8 Å². The minimum absolute atomic E-state index is 0.192. The predicted octanol–water partition coefficient (Wildman–Crippen LogP) is -0.301. The standard InChI is InChI=1S/C12H18N4O4S/c1-21(20)4-2-3-13-12(19)16-6-9-8(14-7-15-9)5-10(16)11(17)18/h7,10H,2-6H2,1H3,(H,13,19)(H,14,15)(H,17,18). The predicted molar refractivity (Wildman–Crippen MR) is 76.2 cm³/mol. The summed E-state index contributed by atoms with van der Waals surface area (Å²) in [6, 6.07) is -1.34. The molecule has 1 aliphatic heterocycles. The molecule has 21 heavy (non-hydrogen) atoms. The summed E-state index contributed by atoms with van der Waals surface area (Å²) < 4.78 is 10.9. The summed E-state index contributed by atoms with van der Waals surface area (Å²) in [6.45, 7) is 0.564. The number of imidazole rings is 1. The van der Waals surface area contributed by atoms with E-state index in [-0.39, 0.29) is 13.0 Å². The van der Waals surface area contributed by atoms with Gasteiger partial charge in [0.1, 0.15) is 6.04 Å². The molecule has 8 nitrogen and oxygen atoms in total. The van der Waals surface area contributed by atoms with Crippen LogP contribution in [0.25, 0.3) is 0 Å². The number of carbonyl (C=O) groups is 2. The Morgan fingerprint density at radius 3 is 3.05 bits per heavy atom. The zero-order valence-electron chi connectivity index (χ0n) is 11.7. The van der Waals surface area contributed by atoms with Gasteiger partial charge < -0.3 is 20.3 Å². The van der Waals surface area contributed by atoms with Crippen LogP contribution in [0.1, 0.15) is 17.8 Å². The Morgan fingerprint density at radius 2 is 2.38 bits per heavy atom. The summed E-state index contributed by atoms with van der Waals surface area (Å²) in [5, 5.41) is 11.9. The Kier molecular flexibility index (Phi) is 4.94. The summed E-state index contributed by atoms with van der Waals surface area (Å²) in [4.78, 5) is 31.7. The molecule has 1 aromatic rings. The molecule has 2 heterocycles. The van der Waals surface area contributed by atoms with Crippen LogP contribution in [0.5, 0.6) is 0 Å². The Labute approximate surface area is 124 Å². The van der Waals surface area contributed by atoms with E-state index < -0.39 is 28.8 Å². The van der Waals surface area contributed by atoms with Crippen LogP contribution in [0.2, 0.25) is 0 Å². The summed E-state index contributed by atoms with van der Waals surface area (Å²) in [5.41, 5.74) is 1.45. The van der Waals surface area contributed by atoms with Crippen molar-refractivity contribution in [3.05, 3.63) is 17.7 Å². The van der Waals surface area contributed by atoms with Gasteiger partial charge in [0, 0.05) is 35.8 Å². The number of aliphatic carboxylic acids is 1. The second kappa shape index (κ2) is 6.70. The maximum Gasteiger partial charge on any atom is 0.326 e. The quantitative estimate of drug-likeness (QED) is 0.645. The molecule has 0 bridgehead atoms. The Bertz CT molecular complexity index is 559. The van der Waals surface area contributed by atoms with Crippen LogP contribution in [0.15, 0.2) is 6.33 Å². The number of fused-ring (bicyclic) bond motifs is 1. The molecule has 2 unspecified atom stereocenters. The third-order valence-corrected chi connectivity index (χ3v) is 4.19. The number of hydrogen-bond donors (Lipinski definition) is 3. The minimum atomic E-state index is -1.05. The number of urea groups is 1. The van der Waals surface area contributed by atoms with Crippen LogP contribution >= 0.6 is 0 Å². The molecular weight excluding hydrogens is 296 g/mol. The van der Waals surface area contributed by atoms with Crippen molar-refractivity contribution in [1.82, 2.24) is 20.2 Å². The molecule has 0 spiro atoms. The molecule has 0 aliphatic carbocycles. The van der Waals surface area contributed by atoms with Crippen molar-refractivity contribution in [3.63, 3.8) is 0 Å². The average molecular weight is 314 g/mol. The first-order valence-corrected chi connectivity index (χ1v) is 8.30. The lowest BCUT2D eigenvalue weighted by molar-refractivity contribution is -0.142. The van der Waals surface area contributed by atoms with Crippen molar-refractivity contribution >= 4 is 22.8 Å². The fourth-order valence-corrected chi connectivity index (χ4v) is 2.79. The van der Waals surface area contributed by atoms with Gasteiger partial charge in [-0.2, -0.15) is 0 Å². The summed E-state index contributed by atoms with van der Waals surface area (Å²) in [5.74, 6) is -0.540. The fraction of sp³-hybridized carbons (Fsp3) is 0.583. The number of rotatable bonds is 5. The van der Waals surface area contributed by atoms with Crippen molar-refractivity contribution in [3.8, 4) is 0 Å². The van der Waals surface area contributed by atoms with Crippen LogP contribution in [0.4, 0.5) is 4.79 Å². The van der Waals surface area contributed by atoms with E-state index in [1.54, 1.807) is 6.26 Å². The highest BCUT2D eigenvalue weighted by molar-refractivity contribution is 7.84. The van der Waals surface area contributed by atoms with E-state index in [0.717, 1.165) is 5.69 Å². The number of H-pyrrole nitrogens is 1. The number of aromatic nitrogens is 2. The smallest absolute Gasteiger partial charge is 0.326 e. The van der Waals surface area contributed by atoms with Crippen molar-refractivity contribution in [1.29, 1.82) is 0 Å². The largest absolute Gasteiger partial charge is 0.480 e. The molecule has 1 aromatic heterocycles. The number of nitrogens with zero attached hydrogens (tertiary/aromatic N) is 2. The second-order valence-electron chi connectivity index (χ2n) is 4.88. The lowest BCUT2D eigenvalue weighted by Crippen LogP contribution is -2.52. The zero-order valence-corrected chi connectivity index (χ0v) is 12.5. The molecule has 0 radical (unpaired) electrons. The van der Waals surface area contributed by atoms with Crippen LogP contribution in [0, 0.1) is 0 Å². The third kappa shape index (κ3) is 3.81. The maximum atomic E-state index is 12.1. The maximum absolute atomic E-state index is 12.1. The number of carbonyl (C=O) groups excluding carboxylic acids is 1. The van der Waals surface area contributed by atoms with Crippen LogP contribution in [-0.2, 0) is 28.6 Å². The van der Waals surface area contributed by atoms with Gasteiger partial charge in [0.2, 0.25) is 0 Å². The monoisotopic (exact) mass is 314 g/mol. The topological polar surface area (TPSA) is 115 Å². The molecular formula is C12H18N4O4S. The number of amides is 2. The van der Waals surface area contributed by atoms with Crippen molar-refractivity contribution in [2.75, 3.05) is 18.6 Å². The molecule has 0 aromatic carbocycles. The van der Waals surface area contributed by atoms with Crippen LogP contribution < -0.4 is 5.32 Å². The molecule has 9 heteroatoms. The number of carboxylic acid groups (broad SMARTS) is 1. The number of carboxylic acids is 1. The molecule has 3 N–H and O–H groups in total. The lowest BCUT2D eigenvalue weighted by atomic mass is 10.0. The first-order valence-electron chi connectivity index (χ1n) is 6.57. The van der Waals surface area contributed by atoms with Crippen molar-refractivity contribution in [2.24, 2.45) is 0 Å². The Balaban J connectivity index is 1.97. The molecule has 0 saturated heterocycles. The number of hydrogen-bond acceptors (Lipinski definition) is 4. The van der Waals surface area contributed by atoms with Crippen molar-refractivity contribution < 1.29 is 18.9 Å². The average Bonchev–Trinajstić information content (AvgIpc) is 2.88. The molecule has 0 fully saturated rings. The minimum Gasteiger partial charge on any atom is -0.480 e. The zero-order chi connectivity index (χ0) is 15.4. The first kappa shape index (κ1) is 15.5. The number of aromatic amines is 1. The van der Waals surface area contributed by atoms with Gasteiger partial charge in [-0.05, 0) is 6.42 Å². The fourth-order valence-electron chi connectivity index (χ4n) is 2.24. The van der Waals surface area contributed by atoms with Gasteiger partial charge in [0.25, 0.3) is 0 Å². The van der Waals surface area contributed by atoms with E-state index >= 15 is 0 Å². The third-order valence-electron chi connectivity index (χ3n) is 3.33. The highest BCUT2D eigenvalue weighted by Crippen LogP contribution is 2.20. The van der Waals surface area contributed by atoms with Crippen molar-refractivity contribution in [2.45, 2.75) is 25.4 Å². The van der Waals surface area contributed by atoms with Gasteiger partial charge in [-0.15, -0.1) is 0 Å². The van der Waals surface area contributed by atoms with E-state index in [0.29, 0.717) is 24.4 Å². The second-order valence-corrected chi connectivity index (χ2v) is 6.43. The molecule has 2 rings (SSSR count). The number of nitrogens with one attached hydrogen (secondary N) is 2. The highest BCUT2D eigenvalue weighted by atomic mass is 32.2. The van der Waals surface area contributed by atoms with Gasteiger partial charge in [-0.25, -0.2) is 14.6 Å². The first-order chi connectivity index (χ1) is 9.99. The molecule has 2 amide bonds. The van der Waals surface area contributed by atoms with E-state index in [9.17, 15) is 18.9 Å². The van der Waals surface area contributed by atoms with E-state index in [2.05, 4.69) is 15.3 Å².